The van der Waals surface area contributed by atoms with Gasteiger partial charge in [0.25, 0.3) is 0 Å². The second kappa shape index (κ2) is 7.89. The lowest BCUT2D eigenvalue weighted by atomic mass is 10.0. The smallest absolute Gasteiger partial charge is 0.226 e. The number of aromatic nitrogens is 2. The Morgan fingerprint density at radius 3 is 2.64 bits per heavy atom. The number of rotatable bonds is 5. The molecule has 1 amide bonds. The highest BCUT2D eigenvalue weighted by molar-refractivity contribution is 5.92. The first kappa shape index (κ1) is 18.3. The number of fused-ring (bicyclic) bond motifs is 1. The van der Waals surface area contributed by atoms with Gasteiger partial charge in [0.2, 0.25) is 5.91 Å². The summed E-state index contributed by atoms with van der Waals surface area (Å²) >= 11 is 0. The van der Waals surface area contributed by atoms with Crippen molar-refractivity contribution in [1.29, 1.82) is 0 Å². The molecule has 4 rings (SSSR count). The summed E-state index contributed by atoms with van der Waals surface area (Å²) in [6.45, 7) is 5.66. The summed E-state index contributed by atoms with van der Waals surface area (Å²) in [5, 5.41) is 7.69. The van der Waals surface area contributed by atoms with Gasteiger partial charge < -0.3 is 10.2 Å². The molecular formula is C23H26N4O. The molecule has 0 saturated carbocycles. The minimum absolute atomic E-state index is 0.0295. The molecule has 2 aromatic carbocycles. The summed E-state index contributed by atoms with van der Waals surface area (Å²) in [4.78, 5) is 15.0. The molecule has 0 aliphatic carbocycles. The van der Waals surface area contributed by atoms with Gasteiger partial charge in [-0.25, -0.2) is 4.68 Å². The van der Waals surface area contributed by atoms with Crippen molar-refractivity contribution in [1.82, 2.24) is 9.78 Å². The topological polar surface area (TPSA) is 50.2 Å². The van der Waals surface area contributed by atoms with E-state index in [9.17, 15) is 4.79 Å². The van der Waals surface area contributed by atoms with Gasteiger partial charge in [0.15, 0.2) is 0 Å². The van der Waals surface area contributed by atoms with E-state index in [0.29, 0.717) is 6.42 Å². The van der Waals surface area contributed by atoms with Crippen LogP contribution in [0.25, 0.3) is 5.69 Å². The van der Waals surface area contributed by atoms with Crippen LogP contribution in [0.15, 0.2) is 54.6 Å². The van der Waals surface area contributed by atoms with Gasteiger partial charge in [-0.1, -0.05) is 36.4 Å². The van der Waals surface area contributed by atoms with Gasteiger partial charge in [-0.05, 0) is 50.5 Å². The van der Waals surface area contributed by atoms with E-state index in [4.69, 9.17) is 0 Å². The number of carbonyl (C=O) groups is 1. The van der Waals surface area contributed by atoms with Crippen LogP contribution in [0, 0.1) is 13.8 Å². The maximum atomic E-state index is 12.6. The van der Waals surface area contributed by atoms with Crippen LogP contribution in [0.4, 0.5) is 11.4 Å². The SMILES string of the molecule is Cc1nn(-c2ccccc2)c(C)c1NC(=O)CCN1CCCc2ccccc21. The van der Waals surface area contributed by atoms with Gasteiger partial charge in [0, 0.05) is 25.2 Å². The van der Waals surface area contributed by atoms with Crippen molar-refractivity contribution in [3.05, 3.63) is 71.5 Å². The fraction of sp³-hybridized carbons (Fsp3) is 0.304. The van der Waals surface area contributed by atoms with Gasteiger partial charge in [-0.2, -0.15) is 5.10 Å². The van der Waals surface area contributed by atoms with Crippen LogP contribution in [0.2, 0.25) is 0 Å². The number of hydrogen-bond acceptors (Lipinski definition) is 3. The summed E-state index contributed by atoms with van der Waals surface area (Å²) in [6.07, 6.45) is 2.72. The van der Waals surface area contributed by atoms with E-state index in [2.05, 4.69) is 39.6 Å². The van der Waals surface area contributed by atoms with E-state index >= 15 is 0 Å². The molecule has 0 spiro atoms. The Morgan fingerprint density at radius 1 is 1.07 bits per heavy atom. The minimum atomic E-state index is 0.0295. The lowest BCUT2D eigenvalue weighted by Crippen LogP contribution is -2.32. The van der Waals surface area contributed by atoms with Crippen molar-refractivity contribution >= 4 is 17.3 Å². The molecule has 1 N–H and O–H groups in total. The number of hydrogen-bond donors (Lipinski definition) is 1. The van der Waals surface area contributed by atoms with Crippen LogP contribution < -0.4 is 10.2 Å². The number of nitrogens with one attached hydrogen (secondary N) is 1. The molecule has 1 aromatic heterocycles. The van der Waals surface area contributed by atoms with E-state index < -0.39 is 0 Å². The molecule has 3 aromatic rings. The minimum Gasteiger partial charge on any atom is -0.371 e. The normalized spacial score (nSPS) is 13.3. The zero-order valence-corrected chi connectivity index (χ0v) is 16.5. The lowest BCUT2D eigenvalue weighted by molar-refractivity contribution is -0.116. The Hall–Kier alpha value is -3.08. The van der Waals surface area contributed by atoms with Crippen molar-refractivity contribution in [2.75, 3.05) is 23.3 Å². The van der Waals surface area contributed by atoms with Crippen LogP contribution in [0.1, 0.15) is 29.8 Å². The highest BCUT2D eigenvalue weighted by atomic mass is 16.1. The van der Waals surface area contributed by atoms with Gasteiger partial charge in [0.05, 0.1) is 22.8 Å². The number of benzene rings is 2. The summed E-state index contributed by atoms with van der Waals surface area (Å²) in [6, 6.07) is 18.5. The average molecular weight is 374 g/mol. The molecule has 0 saturated heterocycles. The van der Waals surface area contributed by atoms with Crippen molar-refractivity contribution in [3.63, 3.8) is 0 Å². The Morgan fingerprint density at radius 2 is 1.82 bits per heavy atom. The Balaban J connectivity index is 1.43. The summed E-state index contributed by atoms with van der Waals surface area (Å²) < 4.78 is 1.88. The van der Waals surface area contributed by atoms with Crippen molar-refractivity contribution in [2.45, 2.75) is 33.1 Å². The largest absolute Gasteiger partial charge is 0.371 e. The number of anilines is 2. The first-order valence-corrected chi connectivity index (χ1v) is 9.88. The third-order valence-electron chi connectivity index (χ3n) is 5.37. The number of nitrogens with zero attached hydrogens (tertiary/aromatic N) is 3. The summed E-state index contributed by atoms with van der Waals surface area (Å²) in [7, 11) is 0. The van der Waals surface area contributed by atoms with Gasteiger partial charge >= 0.3 is 0 Å². The molecule has 144 valence electrons. The van der Waals surface area contributed by atoms with E-state index in [1.54, 1.807) is 0 Å². The van der Waals surface area contributed by atoms with Crippen molar-refractivity contribution < 1.29 is 4.79 Å². The molecule has 0 fully saturated rings. The first-order chi connectivity index (χ1) is 13.6. The molecule has 0 unspecified atom stereocenters. The predicted octanol–water partition coefficient (Wildman–Crippen LogP) is 4.27. The van der Waals surface area contributed by atoms with Crippen LogP contribution in [-0.4, -0.2) is 28.8 Å². The Kier molecular flexibility index (Phi) is 5.15. The maximum absolute atomic E-state index is 12.6. The van der Waals surface area contributed by atoms with Crippen LogP contribution >= 0.6 is 0 Å². The van der Waals surface area contributed by atoms with E-state index in [1.807, 2.05) is 48.9 Å². The summed E-state index contributed by atoms with van der Waals surface area (Å²) in [5.74, 6) is 0.0295. The third-order valence-corrected chi connectivity index (χ3v) is 5.37. The first-order valence-electron chi connectivity index (χ1n) is 9.88. The molecular weight excluding hydrogens is 348 g/mol. The van der Waals surface area contributed by atoms with Gasteiger partial charge in [-0.15, -0.1) is 0 Å². The molecule has 28 heavy (non-hydrogen) atoms. The molecule has 0 bridgehead atoms. The maximum Gasteiger partial charge on any atom is 0.226 e. The molecule has 1 aliphatic heterocycles. The molecule has 0 radical (unpaired) electrons. The Bertz CT molecular complexity index is 978. The van der Waals surface area contributed by atoms with E-state index in [-0.39, 0.29) is 5.91 Å². The van der Waals surface area contributed by atoms with E-state index in [0.717, 1.165) is 48.7 Å². The van der Waals surface area contributed by atoms with Crippen LogP contribution in [-0.2, 0) is 11.2 Å². The van der Waals surface area contributed by atoms with Crippen LogP contribution in [0.5, 0.6) is 0 Å². The van der Waals surface area contributed by atoms with E-state index in [1.165, 1.54) is 11.3 Å². The molecule has 2 heterocycles. The van der Waals surface area contributed by atoms with Gasteiger partial charge in [0.1, 0.15) is 0 Å². The number of amides is 1. The number of para-hydroxylation sites is 2. The molecule has 5 nitrogen and oxygen atoms in total. The summed E-state index contributed by atoms with van der Waals surface area (Å²) in [5.41, 5.74) is 6.23. The predicted molar refractivity (Wildman–Crippen MR) is 113 cm³/mol. The van der Waals surface area contributed by atoms with Crippen molar-refractivity contribution in [3.8, 4) is 5.69 Å². The number of carbonyl (C=O) groups excluding carboxylic acids is 1. The second-order valence-electron chi connectivity index (χ2n) is 7.31. The standard InChI is InChI=1S/C23H26N4O/c1-17-23(18(2)27(25-17)20-11-4-3-5-12-20)24-22(28)14-16-26-15-8-10-19-9-6-7-13-21(19)26/h3-7,9,11-13H,8,10,14-16H2,1-2H3,(H,24,28). The fourth-order valence-corrected chi connectivity index (χ4v) is 3.93. The molecule has 5 heteroatoms. The zero-order chi connectivity index (χ0) is 19.5. The highest BCUT2D eigenvalue weighted by Gasteiger charge is 2.19. The lowest BCUT2D eigenvalue weighted by Gasteiger charge is -2.31. The van der Waals surface area contributed by atoms with Gasteiger partial charge in [-0.3, -0.25) is 4.79 Å². The van der Waals surface area contributed by atoms with Crippen LogP contribution in [0.3, 0.4) is 0 Å². The average Bonchev–Trinajstić information content (AvgIpc) is 3.01. The monoisotopic (exact) mass is 374 g/mol. The zero-order valence-electron chi connectivity index (χ0n) is 16.5. The fourth-order valence-electron chi connectivity index (χ4n) is 3.93. The number of aryl methyl sites for hydroxylation is 2. The Labute approximate surface area is 166 Å². The molecule has 0 atom stereocenters. The third kappa shape index (κ3) is 3.65. The van der Waals surface area contributed by atoms with Crippen molar-refractivity contribution in [2.24, 2.45) is 0 Å². The highest BCUT2D eigenvalue weighted by Crippen LogP contribution is 2.27. The second-order valence-corrected chi connectivity index (χ2v) is 7.31. The quantitative estimate of drug-likeness (QED) is 0.725. The molecule has 1 aliphatic rings.